The molecule has 0 saturated carbocycles. The molecule has 1 N–H and O–H groups in total. The average Bonchev–Trinajstić information content (AvgIpc) is 2.86. The van der Waals surface area contributed by atoms with Crippen LogP contribution in [0.5, 0.6) is 0 Å². The quantitative estimate of drug-likeness (QED) is 0.445. The molecule has 1 amide bonds. The molecule has 0 bridgehead atoms. The molecule has 1 heterocycles. The van der Waals surface area contributed by atoms with Gasteiger partial charge in [-0.3, -0.25) is 4.79 Å². The first-order chi connectivity index (χ1) is 15.8. The Balaban J connectivity index is 1.24. The highest BCUT2D eigenvalue weighted by Gasteiger charge is 2.22. The molecule has 0 radical (unpaired) electrons. The monoisotopic (exact) mass is 428 g/mol. The molecule has 1 aliphatic rings. The first kappa shape index (κ1) is 22.3. The highest BCUT2D eigenvalue weighted by atomic mass is 16.5. The zero-order valence-electron chi connectivity index (χ0n) is 18.5. The number of nitrogens with one attached hydrogen (secondary N) is 1. The molecule has 0 aliphatic carbocycles. The van der Waals surface area contributed by atoms with Crippen LogP contribution in [0.1, 0.15) is 35.6 Å². The van der Waals surface area contributed by atoms with Crippen LogP contribution in [0.25, 0.3) is 0 Å². The molecule has 0 unspecified atom stereocenters. The third-order valence-corrected chi connectivity index (χ3v) is 6.31. The number of carbonyl (C=O) groups is 1. The first-order valence-electron chi connectivity index (χ1n) is 11.5. The molecule has 32 heavy (non-hydrogen) atoms. The molecule has 1 fully saturated rings. The minimum Gasteiger partial charge on any atom is -0.368 e. The lowest BCUT2D eigenvalue weighted by atomic mass is 9.96. The maximum atomic E-state index is 10.5. The largest absolute Gasteiger partial charge is 0.368 e. The summed E-state index contributed by atoms with van der Waals surface area (Å²) in [5.41, 5.74) is 4.57. The summed E-state index contributed by atoms with van der Waals surface area (Å²) in [4.78, 5) is 13.1. The Kier molecular flexibility index (Phi) is 8.07. The van der Waals surface area contributed by atoms with Crippen molar-refractivity contribution >= 4 is 12.1 Å². The molecule has 4 rings (SSSR count). The van der Waals surface area contributed by atoms with Crippen LogP contribution in [0.3, 0.4) is 0 Å². The fourth-order valence-electron chi connectivity index (χ4n) is 4.37. The van der Waals surface area contributed by atoms with Crippen molar-refractivity contribution in [2.75, 3.05) is 31.6 Å². The summed E-state index contributed by atoms with van der Waals surface area (Å²) >= 11 is 0. The fraction of sp³-hybridized carbons (Fsp3) is 0.321. The minimum absolute atomic E-state index is 0.00731. The van der Waals surface area contributed by atoms with Crippen LogP contribution < -0.4 is 5.32 Å². The number of anilines is 1. The first-order valence-corrected chi connectivity index (χ1v) is 11.5. The lowest BCUT2D eigenvalue weighted by Gasteiger charge is -2.32. The number of rotatable bonds is 10. The summed E-state index contributed by atoms with van der Waals surface area (Å²) < 4.78 is 6.50. The third kappa shape index (κ3) is 6.28. The number of amides is 1. The summed E-state index contributed by atoms with van der Waals surface area (Å²) in [5.74, 6) is 0.606. The van der Waals surface area contributed by atoms with Gasteiger partial charge in [-0.05, 0) is 67.1 Å². The molecule has 4 heteroatoms. The second kappa shape index (κ2) is 11.6. The summed E-state index contributed by atoms with van der Waals surface area (Å²) in [6, 6.07) is 29.2. The van der Waals surface area contributed by atoms with Gasteiger partial charge in [0.05, 0.1) is 6.61 Å². The molecule has 0 spiro atoms. The number of hydrogen-bond acceptors (Lipinski definition) is 3. The van der Waals surface area contributed by atoms with Gasteiger partial charge < -0.3 is 15.0 Å². The van der Waals surface area contributed by atoms with Gasteiger partial charge in [-0.25, -0.2) is 0 Å². The molecule has 4 nitrogen and oxygen atoms in total. The van der Waals surface area contributed by atoms with Crippen molar-refractivity contribution in [1.82, 2.24) is 4.90 Å². The molecule has 1 aliphatic heterocycles. The smallest absolute Gasteiger partial charge is 0.211 e. The van der Waals surface area contributed by atoms with Crippen LogP contribution in [-0.2, 0) is 16.0 Å². The van der Waals surface area contributed by atoms with Gasteiger partial charge in [-0.2, -0.15) is 0 Å². The number of likely N-dealkylation sites (tertiary alicyclic amines) is 1. The fourth-order valence-corrected chi connectivity index (χ4v) is 4.37. The topological polar surface area (TPSA) is 41.6 Å². The van der Waals surface area contributed by atoms with Gasteiger partial charge >= 0.3 is 0 Å². The van der Waals surface area contributed by atoms with Crippen molar-refractivity contribution < 1.29 is 9.53 Å². The number of benzene rings is 3. The van der Waals surface area contributed by atoms with Gasteiger partial charge in [-0.1, -0.05) is 72.8 Å². The highest BCUT2D eigenvalue weighted by molar-refractivity contribution is 5.71. The predicted molar refractivity (Wildman–Crippen MR) is 130 cm³/mol. The Morgan fingerprint density at radius 1 is 0.875 bits per heavy atom. The van der Waals surface area contributed by atoms with Crippen molar-refractivity contribution in [2.24, 2.45) is 5.92 Å². The van der Waals surface area contributed by atoms with Crippen LogP contribution in [-0.4, -0.2) is 37.6 Å². The van der Waals surface area contributed by atoms with Crippen LogP contribution in [0, 0.1) is 5.92 Å². The van der Waals surface area contributed by atoms with E-state index < -0.39 is 0 Å². The van der Waals surface area contributed by atoms with E-state index in [1.54, 1.807) is 0 Å². The summed E-state index contributed by atoms with van der Waals surface area (Å²) in [6.07, 6.45) is 4.10. The minimum atomic E-state index is -0.00731. The van der Waals surface area contributed by atoms with Crippen molar-refractivity contribution in [3.63, 3.8) is 0 Å². The van der Waals surface area contributed by atoms with Gasteiger partial charge in [0.25, 0.3) is 0 Å². The molecular formula is C28H32N2O2. The summed E-state index contributed by atoms with van der Waals surface area (Å²) in [5, 5.41) is 2.68. The van der Waals surface area contributed by atoms with Crippen LogP contribution >= 0.6 is 0 Å². The zero-order chi connectivity index (χ0) is 22.0. The van der Waals surface area contributed by atoms with E-state index in [4.69, 9.17) is 4.74 Å². The van der Waals surface area contributed by atoms with E-state index in [0.29, 0.717) is 12.3 Å². The van der Waals surface area contributed by atoms with E-state index in [0.717, 1.165) is 38.3 Å². The molecule has 3 aromatic rings. The van der Waals surface area contributed by atoms with E-state index in [1.165, 1.54) is 29.5 Å². The van der Waals surface area contributed by atoms with Gasteiger partial charge in [0, 0.05) is 12.2 Å². The second-order valence-electron chi connectivity index (χ2n) is 8.53. The Morgan fingerprint density at radius 2 is 1.47 bits per heavy atom. The van der Waals surface area contributed by atoms with Crippen LogP contribution in [0.2, 0.25) is 0 Å². The lowest BCUT2D eigenvalue weighted by molar-refractivity contribution is -0.105. The standard InChI is InChI=1S/C28H32N2O2/c31-22-29-27-13-11-23(12-14-27)15-18-30-19-16-24(17-20-30)21-32-28(25-7-3-1-4-8-25)26-9-5-2-6-10-26/h1-14,22,24,28H,15-21H2,(H,29,31). The lowest BCUT2D eigenvalue weighted by Crippen LogP contribution is -2.36. The van der Waals surface area contributed by atoms with E-state index in [-0.39, 0.29) is 6.10 Å². The van der Waals surface area contributed by atoms with Crippen molar-refractivity contribution in [3.05, 3.63) is 102 Å². The molecule has 0 atom stereocenters. The SMILES string of the molecule is O=CNc1ccc(CCN2CCC(COC(c3ccccc3)c3ccccc3)CC2)cc1. The van der Waals surface area contributed by atoms with Crippen molar-refractivity contribution in [1.29, 1.82) is 0 Å². The number of piperidine rings is 1. The zero-order valence-corrected chi connectivity index (χ0v) is 18.5. The second-order valence-corrected chi connectivity index (χ2v) is 8.53. The van der Waals surface area contributed by atoms with Gasteiger partial charge in [0.2, 0.25) is 6.41 Å². The van der Waals surface area contributed by atoms with E-state index >= 15 is 0 Å². The molecule has 0 aromatic heterocycles. The summed E-state index contributed by atoms with van der Waals surface area (Å²) in [6.45, 7) is 4.12. The van der Waals surface area contributed by atoms with Gasteiger partial charge in [0.1, 0.15) is 6.10 Å². The third-order valence-electron chi connectivity index (χ3n) is 6.31. The normalized spacial score (nSPS) is 15.0. The van der Waals surface area contributed by atoms with E-state index in [9.17, 15) is 4.79 Å². The molecule has 166 valence electrons. The van der Waals surface area contributed by atoms with Gasteiger partial charge in [0.15, 0.2) is 0 Å². The Hall–Kier alpha value is -2.95. The van der Waals surface area contributed by atoms with Gasteiger partial charge in [-0.15, -0.1) is 0 Å². The van der Waals surface area contributed by atoms with Crippen LogP contribution in [0.4, 0.5) is 5.69 Å². The average molecular weight is 429 g/mol. The maximum absolute atomic E-state index is 10.5. The maximum Gasteiger partial charge on any atom is 0.211 e. The van der Waals surface area contributed by atoms with E-state index in [1.807, 2.05) is 12.1 Å². The molecule has 3 aromatic carbocycles. The highest BCUT2D eigenvalue weighted by Crippen LogP contribution is 2.28. The molecule has 1 saturated heterocycles. The van der Waals surface area contributed by atoms with E-state index in [2.05, 4.69) is 83.0 Å². The number of carbonyl (C=O) groups excluding carboxylic acids is 1. The summed E-state index contributed by atoms with van der Waals surface area (Å²) in [7, 11) is 0. The number of ether oxygens (including phenoxy) is 1. The Labute approximate surface area is 191 Å². The molecular weight excluding hydrogens is 396 g/mol. The van der Waals surface area contributed by atoms with Crippen LogP contribution in [0.15, 0.2) is 84.9 Å². The predicted octanol–water partition coefficient (Wildman–Crippen LogP) is 5.32. The Bertz CT molecular complexity index is 897. The van der Waals surface area contributed by atoms with Crippen molar-refractivity contribution in [3.8, 4) is 0 Å². The number of nitrogens with zero attached hydrogens (tertiary/aromatic N) is 1. The Morgan fingerprint density at radius 3 is 2.03 bits per heavy atom. The number of hydrogen-bond donors (Lipinski definition) is 1. The van der Waals surface area contributed by atoms with Crippen molar-refractivity contribution in [2.45, 2.75) is 25.4 Å².